The summed E-state index contributed by atoms with van der Waals surface area (Å²) >= 11 is 1.42. The molecule has 0 fully saturated rings. The molecule has 3 rings (SSSR count). The molecule has 1 N–H and O–H groups in total. The quantitative estimate of drug-likeness (QED) is 0.774. The van der Waals surface area contributed by atoms with Crippen molar-refractivity contribution in [2.24, 2.45) is 0 Å². The highest BCUT2D eigenvalue weighted by molar-refractivity contribution is 7.19. The molecule has 0 unspecified atom stereocenters. The first-order valence-electron chi connectivity index (χ1n) is 7.66. The highest BCUT2D eigenvalue weighted by Crippen LogP contribution is 2.37. The Morgan fingerprint density at radius 3 is 2.72 bits per heavy atom. The maximum atomic E-state index is 13.1. The van der Waals surface area contributed by atoms with E-state index in [2.05, 4.69) is 4.98 Å². The molecule has 130 valence electrons. The Balaban J connectivity index is 2.35. The van der Waals surface area contributed by atoms with E-state index >= 15 is 0 Å². The Morgan fingerprint density at radius 1 is 1.36 bits per heavy atom. The second-order valence-corrected chi connectivity index (χ2v) is 7.43. The number of aryl methyl sites for hydroxylation is 1. The van der Waals surface area contributed by atoms with E-state index in [0.717, 1.165) is 16.0 Å². The monoisotopic (exact) mass is 358 g/mol. The highest BCUT2D eigenvalue weighted by atomic mass is 32.1. The molecule has 0 aliphatic rings. The van der Waals surface area contributed by atoms with Crippen LogP contribution in [0.2, 0.25) is 0 Å². The van der Waals surface area contributed by atoms with E-state index in [1.54, 1.807) is 7.11 Å². The van der Waals surface area contributed by atoms with E-state index in [0.29, 0.717) is 16.0 Å². The van der Waals surface area contributed by atoms with Gasteiger partial charge < -0.3 is 9.84 Å². The third-order valence-corrected chi connectivity index (χ3v) is 5.29. The largest absolute Gasteiger partial charge is 0.497 e. The summed E-state index contributed by atoms with van der Waals surface area (Å²) in [6, 6.07) is 7.44. The van der Waals surface area contributed by atoms with Gasteiger partial charge in [0.2, 0.25) is 0 Å². The minimum Gasteiger partial charge on any atom is -0.497 e. The molecule has 0 aliphatic heterocycles. The van der Waals surface area contributed by atoms with Crippen LogP contribution in [0.15, 0.2) is 35.4 Å². The van der Waals surface area contributed by atoms with E-state index in [9.17, 15) is 14.7 Å². The van der Waals surface area contributed by atoms with Crippen molar-refractivity contribution in [1.29, 1.82) is 0 Å². The second kappa shape index (κ2) is 6.00. The zero-order valence-electron chi connectivity index (χ0n) is 14.4. The summed E-state index contributed by atoms with van der Waals surface area (Å²) in [6.45, 7) is 4.89. The molecule has 7 heteroatoms. The van der Waals surface area contributed by atoms with Crippen LogP contribution in [0.1, 0.15) is 18.7 Å². The van der Waals surface area contributed by atoms with E-state index in [4.69, 9.17) is 4.74 Å². The topological polar surface area (TPSA) is 81.4 Å². The fourth-order valence-corrected chi connectivity index (χ4v) is 3.73. The molecule has 0 spiro atoms. The van der Waals surface area contributed by atoms with Gasteiger partial charge in [-0.2, -0.15) is 0 Å². The van der Waals surface area contributed by atoms with Gasteiger partial charge in [-0.15, -0.1) is 11.3 Å². The summed E-state index contributed by atoms with van der Waals surface area (Å²) in [5.41, 5.74) is -0.140. The number of benzene rings is 1. The lowest BCUT2D eigenvalue weighted by molar-refractivity contribution is -0.145. The molecule has 0 radical (unpaired) electrons. The van der Waals surface area contributed by atoms with Crippen LogP contribution < -0.4 is 10.3 Å². The molecule has 0 aliphatic carbocycles. The van der Waals surface area contributed by atoms with Gasteiger partial charge >= 0.3 is 5.97 Å². The number of thiophene rings is 1. The molecule has 6 nitrogen and oxygen atoms in total. The summed E-state index contributed by atoms with van der Waals surface area (Å²) in [7, 11) is 1.58. The predicted molar refractivity (Wildman–Crippen MR) is 97.6 cm³/mol. The molecule has 0 amide bonds. The third kappa shape index (κ3) is 2.70. The third-order valence-electron chi connectivity index (χ3n) is 4.27. The van der Waals surface area contributed by atoms with Crippen molar-refractivity contribution in [2.45, 2.75) is 26.3 Å². The van der Waals surface area contributed by atoms with Gasteiger partial charge in [0.05, 0.1) is 12.5 Å². The van der Waals surface area contributed by atoms with Crippen LogP contribution in [0, 0.1) is 6.92 Å². The molecule has 3 aromatic rings. The number of carbonyl (C=O) groups is 1. The van der Waals surface area contributed by atoms with Crippen molar-refractivity contribution in [3.63, 3.8) is 0 Å². The minimum absolute atomic E-state index is 0.362. The van der Waals surface area contributed by atoms with Crippen LogP contribution in [0.4, 0.5) is 0 Å². The number of ether oxygens (including phenoxy) is 1. The van der Waals surface area contributed by atoms with Gasteiger partial charge in [-0.1, -0.05) is 12.1 Å². The predicted octanol–water partition coefficient (Wildman–Crippen LogP) is 3.26. The van der Waals surface area contributed by atoms with Crippen molar-refractivity contribution in [3.05, 3.63) is 45.8 Å². The van der Waals surface area contributed by atoms with Gasteiger partial charge in [-0.3, -0.25) is 9.36 Å². The Morgan fingerprint density at radius 2 is 2.08 bits per heavy atom. The van der Waals surface area contributed by atoms with E-state index in [1.807, 2.05) is 31.2 Å². The van der Waals surface area contributed by atoms with Gasteiger partial charge in [0, 0.05) is 10.4 Å². The second-order valence-electron chi connectivity index (χ2n) is 6.23. The number of rotatable bonds is 4. The highest BCUT2D eigenvalue weighted by Gasteiger charge is 2.32. The van der Waals surface area contributed by atoms with Gasteiger partial charge in [-0.05, 0) is 38.5 Å². The van der Waals surface area contributed by atoms with Gasteiger partial charge in [0.15, 0.2) is 0 Å². The number of carboxylic acids is 1. The lowest BCUT2D eigenvalue weighted by atomic mass is 10.0. The van der Waals surface area contributed by atoms with Crippen molar-refractivity contribution in [3.8, 4) is 16.9 Å². The lowest BCUT2D eigenvalue weighted by Gasteiger charge is -2.22. The van der Waals surface area contributed by atoms with Gasteiger partial charge in [0.25, 0.3) is 5.56 Å². The Labute approximate surface area is 148 Å². The molecule has 0 bridgehead atoms. The van der Waals surface area contributed by atoms with E-state index in [1.165, 1.54) is 36.1 Å². The number of nitrogens with zero attached hydrogens (tertiary/aromatic N) is 2. The molecule has 2 heterocycles. The molecular weight excluding hydrogens is 340 g/mol. The summed E-state index contributed by atoms with van der Waals surface area (Å²) in [5, 5.41) is 9.89. The van der Waals surface area contributed by atoms with Crippen LogP contribution in [0.5, 0.6) is 5.75 Å². The summed E-state index contributed by atoms with van der Waals surface area (Å²) < 4.78 is 6.45. The standard InChI is InChI=1S/C18H18N2O4S/c1-10-13(11-6-5-7-12(8-11)24-4)14-15(25-10)19-9-20(16(14)21)18(2,3)17(22)23/h5-9H,1-4H3,(H,22,23). The molecule has 25 heavy (non-hydrogen) atoms. The number of aliphatic carboxylic acids is 1. The first-order chi connectivity index (χ1) is 11.8. The Bertz CT molecular complexity index is 1030. The normalized spacial score (nSPS) is 11.7. The molecule has 0 saturated heterocycles. The number of hydrogen-bond donors (Lipinski definition) is 1. The summed E-state index contributed by atoms with van der Waals surface area (Å²) in [6.07, 6.45) is 1.31. The molecule has 0 saturated carbocycles. The van der Waals surface area contributed by atoms with Gasteiger partial charge in [0.1, 0.15) is 22.4 Å². The molecule has 2 aromatic heterocycles. The maximum Gasteiger partial charge on any atom is 0.329 e. The zero-order chi connectivity index (χ0) is 18.4. The van der Waals surface area contributed by atoms with Crippen molar-refractivity contribution in [2.75, 3.05) is 7.11 Å². The van der Waals surface area contributed by atoms with Crippen molar-refractivity contribution in [1.82, 2.24) is 9.55 Å². The zero-order valence-corrected chi connectivity index (χ0v) is 15.2. The van der Waals surface area contributed by atoms with E-state index < -0.39 is 11.5 Å². The van der Waals surface area contributed by atoms with Gasteiger partial charge in [-0.25, -0.2) is 9.78 Å². The Hall–Kier alpha value is -2.67. The molecule has 0 atom stereocenters. The minimum atomic E-state index is -1.39. The first-order valence-corrected chi connectivity index (χ1v) is 8.48. The van der Waals surface area contributed by atoms with Crippen molar-refractivity contribution < 1.29 is 14.6 Å². The Kier molecular flexibility index (Phi) is 4.12. The maximum absolute atomic E-state index is 13.1. The van der Waals surface area contributed by atoms with Crippen LogP contribution >= 0.6 is 11.3 Å². The van der Waals surface area contributed by atoms with E-state index in [-0.39, 0.29) is 5.56 Å². The van der Waals surface area contributed by atoms with Crippen LogP contribution in [0.3, 0.4) is 0 Å². The number of methoxy groups -OCH3 is 1. The molecule has 1 aromatic carbocycles. The first kappa shape index (κ1) is 17.2. The number of aromatic nitrogens is 2. The van der Waals surface area contributed by atoms with Crippen LogP contribution in [0.25, 0.3) is 21.3 Å². The lowest BCUT2D eigenvalue weighted by Crippen LogP contribution is -2.42. The number of fused-ring (bicyclic) bond motifs is 1. The average Bonchev–Trinajstić information content (AvgIpc) is 2.91. The fraction of sp³-hybridized carbons (Fsp3) is 0.278. The summed E-state index contributed by atoms with van der Waals surface area (Å²) in [5.74, 6) is -0.406. The van der Waals surface area contributed by atoms with Crippen LogP contribution in [-0.4, -0.2) is 27.7 Å². The fourth-order valence-electron chi connectivity index (χ4n) is 2.73. The summed E-state index contributed by atoms with van der Waals surface area (Å²) in [4.78, 5) is 30.5. The number of carboxylic acid groups (broad SMARTS) is 1. The van der Waals surface area contributed by atoms with Crippen LogP contribution in [-0.2, 0) is 10.3 Å². The SMILES string of the molecule is COc1cccc(-c2c(C)sc3ncn(C(C)(C)C(=O)O)c(=O)c23)c1. The average molecular weight is 358 g/mol. The smallest absolute Gasteiger partial charge is 0.329 e. The number of hydrogen-bond acceptors (Lipinski definition) is 5. The van der Waals surface area contributed by atoms with Crippen molar-refractivity contribution >= 4 is 27.5 Å². The molecular formula is C18H18N2O4S.